The van der Waals surface area contributed by atoms with Gasteiger partial charge in [0.25, 0.3) is 0 Å². The highest BCUT2D eigenvalue weighted by atomic mass is 32.2. The standard InChI is InChI=1S/C24H36N2O3S/c27-24(26(22-8-4-5-9-22)23-14-17-30(28,29)19-23)18-25-15-12-21(13-16-25)11-10-20-6-2-1-3-7-20/h1-3,6-7,21-23H,4-5,8-19H2. The summed E-state index contributed by atoms with van der Waals surface area (Å²) in [6, 6.07) is 10.8. The van der Waals surface area contributed by atoms with Crippen molar-refractivity contribution in [3.8, 4) is 0 Å². The Kier molecular flexibility index (Phi) is 7.14. The molecule has 1 unspecified atom stereocenters. The Hall–Kier alpha value is -1.40. The van der Waals surface area contributed by atoms with Crippen LogP contribution < -0.4 is 0 Å². The topological polar surface area (TPSA) is 57.7 Å². The van der Waals surface area contributed by atoms with E-state index in [4.69, 9.17) is 0 Å². The first-order chi connectivity index (χ1) is 14.5. The molecule has 0 aromatic heterocycles. The van der Waals surface area contributed by atoms with Crippen molar-refractivity contribution in [2.45, 2.75) is 69.9 Å². The van der Waals surface area contributed by atoms with Crippen molar-refractivity contribution in [2.24, 2.45) is 5.92 Å². The van der Waals surface area contributed by atoms with E-state index in [9.17, 15) is 13.2 Å². The van der Waals surface area contributed by atoms with Crippen LogP contribution in [0.15, 0.2) is 30.3 Å². The molecular formula is C24H36N2O3S. The maximum absolute atomic E-state index is 13.3. The molecule has 4 rings (SSSR count). The number of carbonyl (C=O) groups is 1. The van der Waals surface area contributed by atoms with E-state index in [0.29, 0.717) is 13.0 Å². The summed E-state index contributed by atoms with van der Waals surface area (Å²) in [6.45, 7) is 2.41. The van der Waals surface area contributed by atoms with E-state index in [1.807, 2.05) is 4.90 Å². The molecular weight excluding hydrogens is 396 g/mol. The fourth-order valence-electron chi connectivity index (χ4n) is 5.60. The number of rotatable bonds is 7. The zero-order valence-electron chi connectivity index (χ0n) is 18.0. The summed E-state index contributed by atoms with van der Waals surface area (Å²) in [6.07, 6.45) is 9.65. The Morgan fingerprint density at radius 2 is 1.67 bits per heavy atom. The molecule has 3 aliphatic rings. The third kappa shape index (κ3) is 5.64. The summed E-state index contributed by atoms with van der Waals surface area (Å²) in [5.41, 5.74) is 1.41. The van der Waals surface area contributed by atoms with Crippen LogP contribution in [0.2, 0.25) is 0 Å². The van der Waals surface area contributed by atoms with Gasteiger partial charge in [-0.2, -0.15) is 0 Å². The first-order valence-electron chi connectivity index (χ1n) is 11.8. The van der Waals surface area contributed by atoms with Gasteiger partial charge in [-0.25, -0.2) is 8.42 Å². The third-order valence-electron chi connectivity index (χ3n) is 7.36. The Morgan fingerprint density at radius 1 is 0.967 bits per heavy atom. The number of amides is 1. The minimum absolute atomic E-state index is 0.103. The lowest BCUT2D eigenvalue weighted by molar-refractivity contribution is -0.137. The summed E-state index contributed by atoms with van der Waals surface area (Å²) < 4.78 is 24.0. The summed E-state index contributed by atoms with van der Waals surface area (Å²) >= 11 is 0. The Labute approximate surface area is 181 Å². The van der Waals surface area contributed by atoms with E-state index in [0.717, 1.165) is 64.0 Å². The maximum Gasteiger partial charge on any atom is 0.237 e. The summed E-state index contributed by atoms with van der Waals surface area (Å²) in [5.74, 6) is 1.30. The number of sulfone groups is 1. The summed E-state index contributed by atoms with van der Waals surface area (Å²) in [4.78, 5) is 17.6. The Bertz CT molecular complexity index is 797. The van der Waals surface area contributed by atoms with Crippen LogP contribution in [-0.2, 0) is 21.1 Å². The van der Waals surface area contributed by atoms with Gasteiger partial charge in [-0.3, -0.25) is 9.69 Å². The molecule has 30 heavy (non-hydrogen) atoms. The first-order valence-corrected chi connectivity index (χ1v) is 13.6. The fraction of sp³-hybridized carbons (Fsp3) is 0.708. The molecule has 166 valence electrons. The van der Waals surface area contributed by atoms with E-state index in [1.54, 1.807) is 0 Å². The van der Waals surface area contributed by atoms with E-state index in [1.165, 1.54) is 12.0 Å². The number of hydrogen-bond donors (Lipinski definition) is 0. The van der Waals surface area contributed by atoms with Crippen molar-refractivity contribution < 1.29 is 13.2 Å². The Balaban J connectivity index is 1.28. The smallest absolute Gasteiger partial charge is 0.237 e. The number of piperidine rings is 1. The van der Waals surface area contributed by atoms with Gasteiger partial charge in [0.15, 0.2) is 9.84 Å². The van der Waals surface area contributed by atoms with Gasteiger partial charge in [0.1, 0.15) is 0 Å². The highest BCUT2D eigenvalue weighted by Crippen LogP contribution is 2.30. The molecule has 1 aromatic rings. The lowest BCUT2D eigenvalue weighted by Gasteiger charge is -2.37. The molecule has 5 nitrogen and oxygen atoms in total. The van der Waals surface area contributed by atoms with E-state index in [-0.39, 0.29) is 29.5 Å². The zero-order valence-corrected chi connectivity index (χ0v) is 18.9. The molecule has 0 spiro atoms. The van der Waals surface area contributed by atoms with Crippen LogP contribution in [0.1, 0.15) is 56.9 Å². The van der Waals surface area contributed by atoms with Crippen molar-refractivity contribution in [1.29, 1.82) is 0 Å². The van der Waals surface area contributed by atoms with Gasteiger partial charge < -0.3 is 4.90 Å². The number of aryl methyl sites for hydroxylation is 1. The van der Waals surface area contributed by atoms with Crippen LogP contribution in [-0.4, -0.2) is 67.3 Å². The Morgan fingerprint density at radius 3 is 2.30 bits per heavy atom. The minimum atomic E-state index is -2.98. The molecule has 0 N–H and O–H groups in total. The number of nitrogens with zero attached hydrogens (tertiary/aromatic N) is 2. The molecule has 3 fully saturated rings. The van der Waals surface area contributed by atoms with Gasteiger partial charge >= 0.3 is 0 Å². The molecule has 1 aliphatic carbocycles. The second kappa shape index (κ2) is 9.82. The average Bonchev–Trinajstić information content (AvgIpc) is 3.38. The monoisotopic (exact) mass is 432 g/mol. The predicted octanol–water partition coefficient (Wildman–Crippen LogP) is 3.29. The van der Waals surface area contributed by atoms with Crippen molar-refractivity contribution in [1.82, 2.24) is 9.80 Å². The normalized spacial score (nSPS) is 25.5. The molecule has 1 saturated carbocycles. The highest BCUT2D eigenvalue weighted by Gasteiger charge is 2.39. The maximum atomic E-state index is 13.3. The molecule has 0 bridgehead atoms. The van der Waals surface area contributed by atoms with Crippen molar-refractivity contribution in [2.75, 3.05) is 31.1 Å². The zero-order chi connectivity index (χ0) is 21.0. The van der Waals surface area contributed by atoms with Crippen LogP contribution in [0.4, 0.5) is 0 Å². The summed E-state index contributed by atoms with van der Waals surface area (Å²) in [5, 5.41) is 0. The van der Waals surface area contributed by atoms with Crippen LogP contribution in [0.25, 0.3) is 0 Å². The molecule has 1 amide bonds. The molecule has 6 heteroatoms. The first kappa shape index (κ1) is 21.8. The van der Waals surface area contributed by atoms with Crippen LogP contribution >= 0.6 is 0 Å². The molecule has 0 radical (unpaired) electrons. The largest absolute Gasteiger partial charge is 0.335 e. The van der Waals surface area contributed by atoms with Gasteiger partial charge in [0, 0.05) is 12.1 Å². The van der Waals surface area contributed by atoms with Crippen molar-refractivity contribution in [3.05, 3.63) is 35.9 Å². The predicted molar refractivity (Wildman–Crippen MR) is 120 cm³/mol. The van der Waals surface area contributed by atoms with Gasteiger partial charge in [-0.1, -0.05) is 43.2 Å². The number of hydrogen-bond acceptors (Lipinski definition) is 4. The third-order valence-corrected chi connectivity index (χ3v) is 9.11. The van der Waals surface area contributed by atoms with E-state index >= 15 is 0 Å². The van der Waals surface area contributed by atoms with Crippen LogP contribution in [0, 0.1) is 5.92 Å². The second-order valence-electron chi connectivity index (χ2n) is 9.54. The summed E-state index contributed by atoms with van der Waals surface area (Å²) in [7, 11) is -2.98. The van der Waals surface area contributed by atoms with Crippen LogP contribution in [0.5, 0.6) is 0 Å². The van der Waals surface area contributed by atoms with E-state index in [2.05, 4.69) is 35.2 Å². The van der Waals surface area contributed by atoms with Crippen molar-refractivity contribution in [3.63, 3.8) is 0 Å². The molecule has 1 aromatic carbocycles. The molecule has 2 saturated heterocycles. The number of carbonyl (C=O) groups excluding carboxylic acids is 1. The number of benzene rings is 1. The number of likely N-dealkylation sites (tertiary alicyclic amines) is 1. The van der Waals surface area contributed by atoms with Gasteiger partial charge in [0.2, 0.25) is 5.91 Å². The highest BCUT2D eigenvalue weighted by molar-refractivity contribution is 7.91. The van der Waals surface area contributed by atoms with Gasteiger partial charge in [-0.05, 0) is 69.5 Å². The van der Waals surface area contributed by atoms with Crippen molar-refractivity contribution >= 4 is 15.7 Å². The minimum Gasteiger partial charge on any atom is -0.335 e. The quantitative estimate of drug-likeness (QED) is 0.663. The fourth-order valence-corrected chi connectivity index (χ4v) is 7.32. The van der Waals surface area contributed by atoms with Gasteiger partial charge in [0.05, 0.1) is 18.1 Å². The molecule has 2 aliphatic heterocycles. The molecule has 1 atom stereocenters. The second-order valence-corrected chi connectivity index (χ2v) is 11.8. The average molecular weight is 433 g/mol. The van der Waals surface area contributed by atoms with E-state index < -0.39 is 9.84 Å². The SMILES string of the molecule is O=C(CN1CCC(CCc2ccccc2)CC1)N(C1CCCC1)C1CCS(=O)(=O)C1. The lowest BCUT2D eigenvalue weighted by atomic mass is 9.90. The molecule has 2 heterocycles. The van der Waals surface area contributed by atoms with Crippen LogP contribution in [0.3, 0.4) is 0 Å². The lowest BCUT2D eigenvalue weighted by Crippen LogP contribution is -2.51. The van der Waals surface area contributed by atoms with Gasteiger partial charge in [-0.15, -0.1) is 0 Å².